The summed E-state index contributed by atoms with van der Waals surface area (Å²) in [6, 6.07) is 16.7. The number of carbonyl (C=O) groups is 2. The van der Waals surface area contributed by atoms with Crippen LogP contribution in [0.25, 0.3) is 11.1 Å². The summed E-state index contributed by atoms with van der Waals surface area (Å²) in [6.45, 7) is 1.12. The van der Waals surface area contributed by atoms with E-state index in [0.717, 1.165) is 24.1 Å². The Morgan fingerprint density at radius 2 is 1.73 bits per heavy atom. The minimum Gasteiger partial charge on any atom is -0.481 e. The molecule has 0 aromatic heterocycles. The Labute approximate surface area is 175 Å². The van der Waals surface area contributed by atoms with E-state index in [-0.39, 0.29) is 25.0 Å². The molecule has 6 heteroatoms. The molecule has 2 bridgehead atoms. The molecule has 1 saturated heterocycles. The van der Waals surface area contributed by atoms with Crippen molar-refractivity contribution in [3.8, 4) is 11.1 Å². The maximum atomic E-state index is 12.8. The summed E-state index contributed by atoms with van der Waals surface area (Å²) in [5, 5.41) is 15.8. The molecule has 2 aromatic carbocycles. The molecule has 156 valence electrons. The van der Waals surface area contributed by atoms with Gasteiger partial charge in [-0.15, -0.1) is 0 Å². The van der Waals surface area contributed by atoms with Gasteiger partial charge in [0.2, 0.25) is 0 Å². The van der Waals surface area contributed by atoms with Gasteiger partial charge >= 0.3 is 12.1 Å². The molecule has 0 radical (unpaired) electrons. The fraction of sp³-hybridized carbons (Fsp3) is 0.417. The molecule has 1 amide bonds. The number of aliphatic carboxylic acids is 1. The lowest BCUT2D eigenvalue weighted by molar-refractivity contribution is -0.139. The first-order chi connectivity index (χ1) is 14.5. The minimum absolute atomic E-state index is 0.0113. The van der Waals surface area contributed by atoms with Crippen molar-refractivity contribution >= 4 is 12.1 Å². The molecule has 3 N–H and O–H groups in total. The second kappa shape index (κ2) is 7.43. The van der Waals surface area contributed by atoms with E-state index in [4.69, 9.17) is 4.74 Å². The molecule has 2 fully saturated rings. The maximum Gasteiger partial charge on any atom is 0.407 e. The molecule has 3 aliphatic rings. The number of amides is 1. The molecule has 6 nitrogen and oxygen atoms in total. The molecule has 30 heavy (non-hydrogen) atoms. The number of hydrogen-bond donors (Lipinski definition) is 3. The normalized spacial score (nSPS) is 26.7. The number of alkyl carbamates (subject to hydrolysis) is 1. The van der Waals surface area contributed by atoms with Crippen molar-refractivity contribution < 1.29 is 19.4 Å². The Hall–Kier alpha value is -2.86. The Morgan fingerprint density at radius 1 is 1.07 bits per heavy atom. The molecule has 3 unspecified atom stereocenters. The molecule has 2 aromatic rings. The summed E-state index contributed by atoms with van der Waals surface area (Å²) in [5.74, 6) is -0.505. The first kappa shape index (κ1) is 19.1. The molecular formula is C24H26N2O4. The van der Waals surface area contributed by atoms with Gasteiger partial charge in [-0.2, -0.15) is 0 Å². The fourth-order valence-electron chi connectivity index (χ4n) is 5.75. The van der Waals surface area contributed by atoms with Crippen LogP contribution in [-0.2, 0) is 9.53 Å². The summed E-state index contributed by atoms with van der Waals surface area (Å²) < 4.78 is 5.68. The van der Waals surface area contributed by atoms with Crippen LogP contribution in [-0.4, -0.2) is 41.9 Å². The molecule has 2 aliphatic carbocycles. The highest BCUT2D eigenvalue weighted by molar-refractivity contribution is 5.79. The molecule has 0 spiro atoms. The number of hydrogen-bond acceptors (Lipinski definition) is 4. The van der Waals surface area contributed by atoms with Gasteiger partial charge < -0.3 is 20.5 Å². The predicted octanol–water partition coefficient (Wildman–Crippen LogP) is 3.51. The van der Waals surface area contributed by atoms with Gasteiger partial charge in [0.1, 0.15) is 6.61 Å². The summed E-state index contributed by atoms with van der Waals surface area (Å²) in [4.78, 5) is 24.3. The zero-order valence-electron chi connectivity index (χ0n) is 16.8. The van der Waals surface area contributed by atoms with E-state index in [1.165, 1.54) is 11.1 Å². The van der Waals surface area contributed by atoms with Gasteiger partial charge in [-0.25, -0.2) is 4.79 Å². The van der Waals surface area contributed by atoms with Gasteiger partial charge in [-0.1, -0.05) is 48.5 Å². The number of carboxylic acids is 1. The number of carboxylic acid groups (broad SMARTS) is 1. The fourth-order valence-corrected chi connectivity index (χ4v) is 5.75. The lowest BCUT2D eigenvalue weighted by Crippen LogP contribution is -2.54. The van der Waals surface area contributed by atoms with Crippen LogP contribution in [0.3, 0.4) is 0 Å². The number of fused-ring (bicyclic) bond motifs is 5. The average molecular weight is 406 g/mol. The maximum absolute atomic E-state index is 12.8. The van der Waals surface area contributed by atoms with Crippen LogP contribution < -0.4 is 10.6 Å². The van der Waals surface area contributed by atoms with E-state index in [9.17, 15) is 14.7 Å². The van der Waals surface area contributed by atoms with E-state index in [1.807, 2.05) is 24.3 Å². The third-order valence-corrected chi connectivity index (χ3v) is 6.83. The Balaban J connectivity index is 1.31. The van der Waals surface area contributed by atoms with Crippen molar-refractivity contribution in [1.82, 2.24) is 10.6 Å². The highest BCUT2D eigenvalue weighted by atomic mass is 16.5. The SMILES string of the molecule is O=C(O)CC1(NC(=O)OCC2c3ccccc3-c3ccccc32)CC2CNC(C2)C1. The van der Waals surface area contributed by atoms with Gasteiger partial charge in [0.15, 0.2) is 0 Å². The Morgan fingerprint density at radius 3 is 2.37 bits per heavy atom. The molecule has 1 heterocycles. The second-order valence-corrected chi connectivity index (χ2v) is 8.92. The van der Waals surface area contributed by atoms with E-state index in [1.54, 1.807) is 0 Å². The van der Waals surface area contributed by atoms with Crippen molar-refractivity contribution in [3.05, 3.63) is 59.7 Å². The van der Waals surface area contributed by atoms with E-state index in [2.05, 4.69) is 34.9 Å². The van der Waals surface area contributed by atoms with Crippen molar-refractivity contribution in [1.29, 1.82) is 0 Å². The van der Waals surface area contributed by atoms with Gasteiger partial charge in [0.05, 0.1) is 12.0 Å². The summed E-state index contributed by atoms with van der Waals surface area (Å²) in [6.07, 6.45) is 1.74. The highest BCUT2D eigenvalue weighted by Crippen LogP contribution is 2.44. The first-order valence-corrected chi connectivity index (χ1v) is 10.6. The molecular weight excluding hydrogens is 380 g/mol. The minimum atomic E-state index is -0.893. The van der Waals surface area contributed by atoms with E-state index >= 15 is 0 Å². The summed E-state index contributed by atoms with van der Waals surface area (Å²) in [7, 11) is 0. The zero-order chi connectivity index (χ0) is 20.7. The lowest BCUT2D eigenvalue weighted by atomic mass is 9.74. The lowest BCUT2D eigenvalue weighted by Gasteiger charge is -2.39. The van der Waals surface area contributed by atoms with Crippen molar-refractivity contribution in [2.24, 2.45) is 5.92 Å². The van der Waals surface area contributed by atoms with Crippen LogP contribution in [0.2, 0.25) is 0 Å². The van der Waals surface area contributed by atoms with Crippen molar-refractivity contribution in [2.75, 3.05) is 13.2 Å². The number of rotatable bonds is 5. The Bertz CT molecular complexity index is 931. The number of carbonyl (C=O) groups excluding carboxylic acids is 1. The largest absolute Gasteiger partial charge is 0.481 e. The quantitative estimate of drug-likeness (QED) is 0.707. The second-order valence-electron chi connectivity index (χ2n) is 8.92. The monoisotopic (exact) mass is 406 g/mol. The average Bonchev–Trinajstić information content (AvgIpc) is 3.23. The molecule has 5 rings (SSSR count). The summed E-state index contributed by atoms with van der Waals surface area (Å²) in [5.41, 5.74) is 3.93. The van der Waals surface area contributed by atoms with Crippen LogP contribution >= 0.6 is 0 Å². The van der Waals surface area contributed by atoms with Gasteiger partial charge in [-0.3, -0.25) is 4.79 Å². The third kappa shape index (κ3) is 3.45. The van der Waals surface area contributed by atoms with E-state index in [0.29, 0.717) is 18.8 Å². The number of benzene rings is 2. The van der Waals surface area contributed by atoms with Crippen LogP contribution in [0, 0.1) is 5.92 Å². The van der Waals surface area contributed by atoms with Gasteiger partial charge in [-0.05, 0) is 54.0 Å². The molecule has 1 saturated carbocycles. The standard InChI is InChI=1S/C24H26N2O4/c27-22(28)12-24(10-15-9-16(11-24)25-13-15)26-23(29)30-14-21-19-7-3-1-5-17(19)18-6-2-4-8-20(18)21/h1-8,15-16,21,25H,9-14H2,(H,26,29)(H,27,28). The topological polar surface area (TPSA) is 87.7 Å². The van der Waals surface area contributed by atoms with Crippen LogP contribution in [0.4, 0.5) is 4.79 Å². The third-order valence-electron chi connectivity index (χ3n) is 6.83. The van der Waals surface area contributed by atoms with Crippen LogP contribution in [0.15, 0.2) is 48.5 Å². The Kier molecular flexibility index (Phi) is 4.74. The van der Waals surface area contributed by atoms with Gasteiger partial charge in [0.25, 0.3) is 0 Å². The summed E-state index contributed by atoms with van der Waals surface area (Å²) >= 11 is 0. The molecule has 3 atom stereocenters. The van der Waals surface area contributed by atoms with Crippen molar-refractivity contribution in [2.45, 2.75) is 43.2 Å². The van der Waals surface area contributed by atoms with Crippen LogP contribution in [0.1, 0.15) is 42.7 Å². The highest BCUT2D eigenvalue weighted by Gasteiger charge is 2.46. The number of ether oxygens (including phenoxy) is 1. The van der Waals surface area contributed by atoms with Crippen molar-refractivity contribution in [3.63, 3.8) is 0 Å². The van der Waals surface area contributed by atoms with E-state index < -0.39 is 17.6 Å². The smallest absolute Gasteiger partial charge is 0.407 e. The van der Waals surface area contributed by atoms with Gasteiger partial charge in [0, 0.05) is 12.0 Å². The van der Waals surface area contributed by atoms with Crippen LogP contribution in [0.5, 0.6) is 0 Å². The first-order valence-electron chi connectivity index (χ1n) is 10.6. The number of nitrogens with one attached hydrogen (secondary N) is 2. The molecule has 1 aliphatic heterocycles. The zero-order valence-corrected chi connectivity index (χ0v) is 16.8. The predicted molar refractivity (Wildman–Crippen MR) is 112 cm³/mol.